The maximum atomic E-state index is 14.1. The van der Waals surface area contributed by atoms with Gasteiger partial charge in [-0.05, 0) is 87.1 Å². The van der Waals surface area contributed by atoms with Crippen LogP contribution in [0.2, 0.25) is 0 Å². The molecule has 0 spiro atoms. The summed E-state index contributed by atoms with van der Waals surface area (Å²) < 4.78 is 5.64. The number of rotatable bonds is 12. The van der Waals surface area contributed by atoms with Crippen LogP contribution >= 0.6 is 0 Å². The van der Waals surface area contributed by atoms with Gasteiger partial charge in [0.2, 0.25) is 17.7 Å². The normalized spacial score (nSPS) is 14.1. The van der Waals surface area contributed by atoms with E-state index in [1.807, 2.05) is 63.2 Å². The van der Waals surface area contributed by atoms with E-state index in [0.29, 0.717) is 35.8 Å². The molecular weight excluding hydrogens is 528 g/mol. The first kappa shape index (κ1) is 30.8. The second kappa shape index (κ2) is 15.1. The summed E-state index contributed by atoms with van der Waals surface area (Å²) in [5.74, 6) is 0.551. The average molecular weight is 571 g/mol. The Kier molecular flexibility index (Phi) is 11.1. The summed E-state index contributed by atoms with van der Waals surface area (Å²) in [6, 6.07) is 17.7. The molecule has 1 atom stereocenters. The van der Waals surface area contributed by atoms with Gasteiger partial charge in [0.25, 0.3) is 0 Å². The van der Waals surface area contributed by atoms with E-state index < -0.39 is 6.04 Å². The first-order valence-corrected chi connectivity index (χ1v) is 15.0. The number of ether oxygens (including phenoxy) is 1. The fourth-order valence-corrected chi connectivity index (χ4v) is 5.43. The van der Waals surface area contributed by atoms with Crippen LogP contribution in [0.25, 0.3) is 0 Å². The molecule has 8 heteroatoms. The number of amides is 3. The molecular formula is C34H42N4O4. The predicted octanol–water partition coefficient (Wildman–Crippen LogP) is 6.43. The van der Waals surface area contributed by atoms with Crippen molar-refractivity contribution in [2.45, 2.75) is 84.2 Å². The number of nitrogens with zero attached hydrogens (tertiary/aromatic N) is 2. The minimum Gasteiger partial charge on any atom is -0.494 e. The van der Waals surface area contributed by atoms with E-state index in [2.05, 4.69) is 15.6 Å². The highest BCUT2D eigenvalue weighted by molar-refractivity contribution is 6.02. The van der Waals surface area contributed by atoms with Gasteiger partial charge in [-0.25, -0.2) is 4.98 Å². The van der Waals surface area contributed by atoms with E-state index in [4.69, 9.17) is 4.74 Å². The molecule has 3 amide bonds. The SMILES string of the molecule is CCOc1ccc([C@@H](C(=O)NC2CCCCC2)N(C(=O)CCCC(=O)Nc2ccccn2)c2cccc(C)c2C)cc1. The van der Waals surface area contributed by atoms with E-state index in [0.717, 1.165) is 36.8 Å². The molecule has 0 aliphatic heterocycles. The Hall–Kier alpha value is -4.20. The molecule has 2 aromatic carbocycles. The average Bonchev–Trinajstić information content (AvgIpc) is 2.99. The van der Waals surface area contributed by atoms with Crippen molar-refractivity contribution in [3.05, 3.63) is 83.6 Å². The Morgan fingerprint density at radius 1 is 0.952 bits per heavy atom. The zero-order valence-electron chi connectivity index (χ0n) is 24.9. The summed E-state index contributed by atoms with van der Waals surface area (Å²) in [4.78, 5) is 46.5. The topological polar surface area (TPSA) is 101 Å². The van der Waals surface area contributed by atoms with Gasteiger partial charge < -0.3 is 15.4 Å². The molecule has 1 saturated carbocycles. The second-order valence-electron chi connectivity index (χ2n) is 10.8. The van der Waals surface area contributed by atoms with E-state index >= 15 is 0 Å². The van der Waals surface area contributed by atoms with Crippen molar-refractivity contribution >= 4 is 29.2 Å². The van der Waals surface area contributed by atoms with Gasteiger partial charge in [-0.2, -0.15) is 0 Å². The molecule has 3 aromatic rings. The van der Waals surface area contributed by atoms with Crippen molar-refractivity contribution in [2.75, 3.05) is 16.8 Å². The number of hydrogen-bond donors (Lipinski definition) is 2. The van der Waals surface area contributed by atoms with Crippen molar-refractivity contribution in [1.82, 2.24) is 10.3 Å². The smallest absolute Gasteiger partial charge is 0.248 e. The van der Waals surface area contributed by atoms with Crippen LogP contribution < -0.4 is 20.3 Å². The van der Waals surface area contributed by atoms with E-state index in [1.54, 1.807) is 29.3 Å². The highest BCUT2D eigenvalue weighted by Gasteiger charge is 2.34. The fourth-order valence-electron chi connectivity index (χ4n) is 5.43. The number of aryl methyl sites for hydroxylation is 1. The molecule has 1 heterocycles. The van der Waals surface area contributed by atoms with E-state index in [9.17, 15) is 14.4 Å². The van der Waals surface area contributed by atoms with Gasteiger partial charge in [0, 0.05) is 30.8 Å². The maximum absolute atomic E-state index is 14.1. The monoisotopic (exact) mass is 570 g/mol. The number of benzene rings is 2. The van der Waals surface area contributed by atoms with Crippen molar-refractivity contribution < 1.29 is 19.1 Å². The lowest BCUT2D eigenvalue weighted by Gasteiger charge is -2.34. The summed E-state index contributed by atoms with van der Waals surface area (Å²) in [7, 11) is 0. The minimum atomic E-state index is -0.877. The molecule has 2 N–H and O–H groups in total. The lowest BCUT2D eigenvalue weighted by molar-refractivity contribution is -0.127. The Morgan fingerprint density at radius 3 is 2.40 bits per heavy atom. The Morgan fingerprint density at radius 2 is 1.71 bits per heavy atom. The summed E-state index contributed by atoms with van der Waals surface area (Å²) in [5.41, 5.74) is 3.35. The number of aromatic nitrogens is 1. The van der Waals surface area contributed by atoms with Gasteiger partial charge >= 0.3 is 0 Å². The summed E-state index contributed by atoms with van der Waals surface area (Å²) in [6.45, 7) is 6.43. The van der Waals surface area contributed by atoms with Crippen molar-refractivity contribution in [3.8, 4) is 5.75 Å². The summed E-state index contributed by atoms with van der Waals surface area (Å²) >= 11 is 0. The lowest BCUT2D eigenvalue weighted by atomic mass is 9.94. The van der Waals surface area contributed by atoms with Crippen molar-refractivity contribution in [2.24, 2.45) is 0 Å². The number of pyridine rings is 1. The molecule has 42 heavy (non-hydrogen) atoms. The molecule has 8 nitrogen and oxygen atoms in total. The fraction of sp³-hybridized carbons (Fsp3) is 0.412. The van der Waals surface area contributed by atoms with Crippen molar-refractivity contribution in [1.29, 1.82) is 0 Å². The summed E-state index contributed by atoms with van der Waals surface area (Å²) in [5, 5.41) is 6.03. The van der Waals surface area contributed by atoms with E-state index in [-0.39, 0.29) is 36.6 Å². The number of carbonyl (C=O) groups excluding carboxylic acids is 3. The van der Waals surface area contributed by atoms with Crippen LogP contribution in [0.1, 0.15) is 81.0 Å². The zero-order valence-corrected chi connectivity index (χ0v) is 24.9. The Labute approximate surface area is 248 Å². The molecule has 1 aliphatic carbocycles. The lowest BCUT2D eigenvalue weighted by Crippen LogP contribution is -2.47. The largest absolute Gasteiger partial charge is 0.494 e. The molecule has 0 saturated heterocycles. The third-order valence-electron chi connectivity index (χ3n) is 7.80. The molecule has 1 aromatic heterocycles. The van der Waals surface area contributed by atoms with Crippen LogP contribution in [-0.4, -0.2) is 35.4 Å². The van der Waals surface area contributed by atoms with Gasteiger partial charge in [-0.3, -0.25) is 19.3 Å². The predicted molar refractivity (Wildman–Crippen MR) is 165 cm³/mol. The molecule has 4 rings (SSSR count). The molecule has 1 aliphatic rings. The first-order valence-electron chi connectivity index (χ1n) is 15.0. The number of carbonyl (C=O) groups is 3. The van der Waals surface area contributed by atoms with Crippen LogP contribution in [0, 0.1) is 13.8 Å². The quantitative estimate of drug-likeness (QED) is 0.261. The van der Waals surface area contributed by atoms with Gasteiger partial charge in [0.05, 0.1) is 6.61 Å². The van der Waals surface area contributed by atoms with Gasteiger partial charge in [-0.1, -0.05) is 49.6 Å². The Balaban J connectivity index is 1.63. The molecule has 222 valence electrons. The van der Waals surface area contributed by atoms with Crippen LogP contribution in [0.5, 0.6) is 5.75 Å². The van der Waals surface area contributed by atoms with Crippen molar-refractivity contribution in [3.63, 3.8) is 0 Å². The number of nitrogens with one attached hydrogen (secondary N) is 2. The molecule has 1 fully saturated rings. The number of hydrogen-bond acceptors (Lipinski definition) is 5. The van der Waals surface area contributed by atoms with Crippen LogP contribution in [0.3, 0.4) is 0 Å². The number of anilines is 2. The summed E-state index contributed by atoms with van der Waals surface area (Å²) in [6.07, 6.45) is 7.42. The zero-order chi connectivity index (χ0) is 29.9. The van der Waals surface area contributed by atoms with Gasteiger partial charge in [0.1, 0.15) is 17.6 Å². The van der Waals surface area contributed by atoms with Crippen LogP contribution in [-0.2, 0) is 14.4 Å². The third kappa shape index (κ3) is 8.18. The maximum Gasteiger partial charge on any atom is 0.248 e. The minimum absolute atomic E-state index is 0.0855. The van der Waals surface area contributed by atoms with Gasteiger partial charge in [-0.15, -0.1) is 0 Å². The first-order chi connectivity index (χ1) is 20.4. The standard InChI is InChI=1S/C34H42N4O4/c1-4-42-28-21-19-26(20-22-28)33(34(41)36-27-13-6-5-7-14-27)38(29-15-10-12-24(2)25(29)3)32(40)18-11-17-31(39)37-30-16-8-9-23-35-30/h8-10,12,15-16,19-23,27,33H,4-7,11,13-14,17-18H2,1-3H3,(H,36,41)(H,35,37,39)/t33-/m0/s1. The highest BCUT2D eigenvalue weighted by Crippen LogP contribution is 2.34. The molecule has 0 bridgehead atoms. The highest BCUT2D eigenvalue weighted by atomic mass is 16.5. The van der Waals surface area contributed by atoms with Crippen LogP contribution in [0.4, 0.5) is 11.5 Å². The van der Waals surface area contributed by atoms with Crippen LogP contribution in [0.15, 0.2) is 66.9 Å². The van der Waals surface area contributed by atoms with E-state index in [1.165, 1.54) is 6.42 Å². The van der Waals surface area contributed by atoms with Gasteiger partial charge in [0.15, 0.2) is 0 Å². The second-order valence-corrected chi connectivity index (χ2v) is 10.8. The molecule has 0 radical (unpaired) electrons. The Bertz CT molecular complexity index is 1340. The third-order valence-corrected chi connectivity index (χ3v) is 7.80. The molecule has 0 unspecified atom stereocenters.